The van der Waals surface area contributed by atoms with Crippen LogP contribution in [0.1, 0.15) is 61.8 Å². The molecule has 0 radical (unpaired) electrons. The molecule has 0 saturated heterocycles. The number of para-hydroxylation sites is 1. The number of nitrogens with zero attached hydrogens (tertiary/aromatic N) is 2. The number of carboxylic acids is 1. The molecule has 192 valence electrons. The first-order valence-corrected chi connectivity index (χ1v) is 12.0. The molecule has 0 aliphatic rings. The monoisotopic (exact) mass is 513 g/mol. The van der Waals surface area contributed by atoms with Crippen LogP contribution in [0.4, 0.5) is 0 Å². The second kappa shape index (κ2) is 10.7. The predicted octanol–water partition coefficient (Wildman–Crippen LogP) is 4.96. The molecule has 0 bridgehead atoms. The van der Waals surface area contributed by atoms with Gasteiger partial charge >= 0.3 is 5.97 Å². The standard InChI is InChI=1S/C27H32ClN3O5/c1-17-9-8-10-18(13-17)20(15-24(32)33)29-25(34)21-14-23(36-16-27(5,35)26(2,3)4)31(30-21)22-12-7-6-11-19(22)28/h6-14,20,35H,15-16H2,1-5H3,(H,29,34)(H,32,33)/t20-,27+/m0/s1. The Balaban J connectivity index is 1.96. The summed E-state index contributed by atoms with van der Waals surface area (Å²) in [6.45, 7) is 9.20. The minimum Gasteiger partial charge on any atom is -0.481 e. The predicted molar refractivity (Wildman–Crippen MR) is 138 cm³/mol. The second-order valence-electron chi connectivity index (χ2n) is 10.1. The smallest absolute Gasteiger partial charge is 0.305 e. The fourth-order valence-electron chi connectivity index (χ4n) is 3.35. The molecule has 3 aromatic rings. The van der Waals surface area contributed by atoms with Crippen LogP contribution in [-0.2, 0) is 4.79 Å². The van der Waals surface area contributed by atoms with Crippen molar-refractivity contribution in [2.45, 2.75) is 52.7 Å². The molecule has 2 atom stereocenters. The van der Waals surface area contributed by atoms with E-state index in [0.29, 0.717) is 16.3 Å². The highest BCUT2D eigenvalue weighted by Crippen LogP contribution is 2.32. The molecule has 1 amide bonds. The molecule has 0 unspecified atom stereocenters. The average Bonchev–Trinajstić information content (AvgIpc) is 3.21. The first kappa shape index (κ1) is 27.2. The molecule has 0 aliphatic heterocycles. The molecule has 0 aliphatic carbocycles. The fraction of sp³-hybridized carbons (Fsp3) is 0.370. The summed E-state index contributed by atoms with van der Waals surface area (Å²) in [5, 5.41) is 27.9. The Morgan fingerprint density at radius 3 is 2.42 bits per heavy atom. The molecule has 9 heteroatoms. The number of carbonyl (C=O) groups is 2. The Morgan fingerprint density at radius 2 is 1.81 bits per heavy atom. The molecular weight excluding hydrogens is 482 g/mol. The number of aliphatic carboxylic acids is 1. The van der Waals surface area contributed by atoms with Gasteiger partial charge in [-0.2, -0.15) is 9.78 Å². The van der Waals surface area contributed by atoms with E-state index in [1.54, 1.807) is 37.3 Å². The number of aliphatic hydroxyl groups is 1. The summed E-state index contributed by atoms with van der Waals surface area (Å²) in [6.07, 6.45) is -0.293. The maximum Gasteiger partial charge on any atom is 0.305 e. The van der Waals surface area contributed by atoms with Gasteiger partial charge in [0, 0.05) is 6.07 Å². The topological polar surface area (TPSA) is 114 Å². The zero-order valence-corrected chi connectivity index (χ0v) is 21.8. The zero-order valence-electron chi connectivity index (χ0n) is 21.1. The third kappa shape index (κ3) is 6.44. The van der Waals surface area contributed by atoms with Crippen molar-refractivity contribution >= 4 is 23.5 Å². The van der Waals surface area contributed by atoms with Gasteiger partial charge in [0.15, 0.2) is 5.69 Å². The van der Waals surface area contributed by atoms with Gasteiger partial charge in [-0.1, -0.05) is 74.3 Å². The van der Waals surface area contributed by atoms with Crippen LogP contribution in [0, 0.1) is 12.3 Å². The van der Waals surface area contributed by atoms with E-state index in [4.69, 9.17) is 16.3 Å². The first-order valence-electron chi connectivity index (χ1n) is 11.6. The van der Waals surface area contributed by atoms with Gasteiger partial charge in [-0.05, 0) is 37.0 Å². The van der Waals surface area contributed by atoms with Crippen molar-refractivity contribution in [3.8, 4) is 11.6 Å². The molecule has 1 heterocycles. The van der Waals surface area contributed by atoms with E-state index in [9.17, 15) is 19.8 Å². The van der Waals surface area contributed by atoms with Gasteiger partial charge in [0.2, 0.25) is 5.88 Å². The number of carboxylic acid groups (broad SMARTS) is 1. The van der Waals surface area contributed by atoms with Crippen LogP contribution in [0.15, 0.2) is 54.6 Å². The van der Waals surface area contributed by atoms with Crippen molar-refractivity contribution in [1.82, 2.24) is 15.1 Å². The van der Waals surface area contributed by atoms with Gasteiger partial charge in [-0.3, -0.25) is 9.59 Å². The van der Waals surface area contributed by atoms with E-state index in [0.717, 1.165) is 5.56 Å². The number of aryl methyl sites for hydroxylation is 1. The molecule has 0 fully saturated rings. The SMILES string of the molecule is Cc1cccc([C@H](CC(=O)O)NC(=O)c2cc(OC[C@@](C)(O)C(C)(C)C)n(-c3ccccc3Cl)n2)c1. The van der Waals surface area contributed by atoms with Gasteiger partial charge in [-0.15, -0.1) is 0 Å². The summed E-state index contributed by atoms with van der Waals surface area (Å²) in [5.74, 6) is -1.40. The fourth-order valence-corrected chi connectivity index (χ4v) is 3.57. The van der Waals surface area contributed by atoms with Crippen molar-refractivity contribution in [3.05, 3.63) is 76.4 Å². The molecule has 8 nitrogen and oxygen atoms in total. The Kier molecular flexibility index (Phi) is 8.11. The molecule has 36 heavy (non-hydrogen) atoms. The lowest BCUT2D eigenvalue weighted by Crippen LogP contribution is -2.45. The first-order chi connectivity index (χ1) is 16.8. The van der Waals surface area contributed by atoms with Gasteiger partial charge in [0.05, 0.1) is 23.2 Å². The molecule has 0 saturated carbocycles. The lowest BCUT2D eigenvalue weighted by Gasteiger charge is -2.36. The van der Waals surface area contributed by atoms with E-state index in [2.05, 4.69) is 10.4 Å². The number of carbonyl (C=O) groups excluding carboxylic acids is 1. The molecule has 0 spiro atoms. The third-order valence-corrected chi connectivity index (χ3v) is 6.55. The summed E-state index contributed by atoms with van der Waals surface area (Å²) in [5.41, 5.74) is 0.478. The van der Waals surface area contributed by atoms with Crippen molar-refractivity contribution in [3.63, 3.8) is 0 Å². The number of amides is 1. The molecule has 1 aromatic heterocycles. The molecule has 3 N–H and O–H groups in total. The maximum absolute atomic E-state index is 13.2. The summed E-state index contributed by atoms with van der Waals surface area (Å²) >= 11 is 6.39. The Hall–Kier alpha value is -3.36. The number of benzene rings is 2. The van der Waals surface area contributed by atoms with Gasteiger partial charge in [0.25, 0.3) is 5.91 Å². The van der Waals surface area contributed by atoms with Crippen LogP contribution >= 0.6 is 11.6 Å². The maximum atomic E-state index is 13.2. The van der Waals surface area contributed by atoms with E-state index in [1.165, 1.54) is 10.7 Å². The van der Waals surface area contributed by atoms with Crippen molar-refractivity contribution < 1.29 is 24.5 Å². The van der Waals surface area contributed by atoms with Crippen LogP contribution in [0.25, 0.3) is 5.69 Å². The third-order valence-electron chi connectivity index (χ3n) is 6.24. The minimum absolute atomic E-state index is 0.0170. The highest BCUT2D eigenvalue weighted by atomic mass is 35.5. The van der Waals surface area contributed by atoms with E-state index in [1.807, 2.05) is 45.9 Å². The summed E-state index contributed by atoms with van der Waals surface area (Å²) < 4.78 is 7.35. The Morgan fingerprint density at radius 1 is 1.11 bits per heavy atom. The number of aromatic nitrogens is 2. The van der Waals surface area contributed by atoms with Crippen LogP contribution in [-0.4, -0.2) is 44.1 Å². The van der Waals surface area contributed by atoms with Gasteiger partial charge < -0.3 is 20.3 Å². The molecule has 2 aromatic carbocycles. The van der Waals surface area contributed by atoms with E-state index < -0.39 is 28.9 Å². The number of hydrogen-bond donors (Lipinski definition) is 3. The normalized spacial score (nSPS) is 14.1. The van der Waals surface area contributed by atoms with Crippen molar-refractivity contribution in [2.75, 3.05) is 6.61 Å². The highest BCUT2D eigenvalue weighted by Gasteiger charge is 2.36. The summed E-state index contributed by atoms with van der Waals surface area (Å²) in [6, 6.07) is 15.0. The quantitative estimate of drug-likeness (QED) is 0.373. The zero-order chi connectivity index (χ0) is 26.7. The number of ether oxygens (including phenoxy) is 1. The van der Waals surface area contributed by atoms with Crippen LogP contribution in [0.2, 0.25) is 5.02 Å². The van der Waals surface area contributed by atoms with Crippen LogP contribution < -0.4 is 10.1 Å². The highest BCUT2D eigenvalue weighted by molar-refractivity contribution is 6.32. The number of nitrogens with one attached hydrogen (secondary N) is 1. The summed E-state index contributed by atoms with van der Waals surface area (Å²) in [4.78, 5) is 24.7. The lowest BCUT2D eigenvalue weighted by molar-refractivity contribution is -0.137. The average molecular weight is 514 g/mol. The number of halogens is 1. The van der Waals surface area contributed by atoms with Gasteiger partial charge in [-0.25, -0.2) is 0 Å². The molecular formula is C27H32ClN3O5. The molecule has 3 rings (SSSR count). The van der Waals surface area contributed by atoms with Crippen molar-refractivity contribution in [1.29, 1.82) is 0 Å². The van der Waals surface area contributed by atoms with Crippen LogP contribution in [0.5, 0.6) is 5.88 Å². The van der Waals surface area contributed by atoms with E-state index in [-0.39, 0.29) is 24.6 Å². The summed E-state index contributed by atoms with van der Waals surface area (Å²) in [7, 11) is 0. The number of hydrogen-bond acceptors (Lipinski definition) is 5. The number of rotatable bonds is 9. The van der Waals surface area contributed by atoms with E-state index >= 15 is 0 Å². The van der Waals surface area contributed by atoms with Crippen LogP contribution in [0.3, 0.4) is 0 Å². The lowest BCUT2D eigenvalue weighted by atomic mass is 9.78. The van der Waals surface area contributed by atoms with Gasteiger partial charge in [0.1, 0.15) is 12.2 Å². The Bertz CT molecular complexity index is 1250. The largest absolute Gasteiger partial charge is 0.481 e. The second-order valence-corrected chi connectivity index (χ2v) is 10.5. The Labute approximate surface area is 215 Å². The minimum atomic E-state index is -1.18. The van der Waals surface area contributed by atoms with Crippen molar-refractivity contribution in [2.24, 2.45) is 5.41 Å².